The number of amides is 1. The van der Waals surface area contributed by atoms with Gasteiger partial charge in [0.05, 0.1) is 4.87 Å². The predicted molar refractivity (Wildman–Crippen MR) is 97.3 cm³/mol. The van der Waals surface area contributed by atoms with Crippen LogP contribution in [-0.2, 0) is 19.1 Å². The van der Waals surface area contributed by atoms with Crippen molar-refractivity contribution in [3.8, 4) is 0 Å². The van der Waals surface area contributed by atoms with Crippen molar-refractivity contribution in [3.05, 3.63) is 0 Å². The van der Waals surface area contributed by atoms with Gasteiger partial charge in [-0.3, -0.25) is 9.59 Å². The zero-order chi connectivity index (χ0) is 18.1. The molecule has 1 amide bonds. The first-order valence-electron chi connectivity index (χ1n) is 10.0. The number of fused-ring (bicyclic) bond motifs is 1. The van der Waals surface area contributed by atoms with Crippen LogP contribution in [0.25, 0.3) is 0 Å². The minimum atomic E-state index is -0.524. The highest BCUT2D eigenvalue weighted by atomic mass is 32.2. The molecule has 142 valence electrons. The lowest BCUT2D eigenvalue weighted by Gasteiger charge is -2.55. The van der Waals surface area contributed by atoms with Gasteiger partial charge in [-0.15, -0.1) is 11.8 Å². The smallest absolute Gasteiger partial charge is 0.330 e. The first kappa shape index (κ1) is 17.1. The number of ketones is 1. The van der Waals surface area contributed by atoms with Crippen molar-refractivity contribution in [1.82, 2.24) is 4.90 Å². The molecule has 2 atom stereocenters. The van der Waals surface area contributed by atoms with Crippen LogP contribution < -0.4 is 0 Å². The Labute approximate surface area is 158 Å². The lowest BCUT2D eigenvalue weighted by atomic mass is 9.48. The fourth-order valence-electron chi connectivity index (χ4n) is 6.83. The van der Waals surface area contributed by atoms with E-state index in [0.29, 0.717) is 29.9 Å². The second kappa shape index (κ2) is 5.73. The summed E-state index contributed by atoms with van der Waals surface area (Å²) in [4.78, 5) is 39.2. The Bertz CT molecular complexity index is 641. The van der Waals surface area contributed by atoms with Crippen LogP contribution >= 0.6 is 11.8 Å². The van der Waals surface area contributed by atoms with Gasteiger partial charge >= 0.3 is 5.97 Å². The van der Waals surface area contributed by atoms with E-state index in [1.165, 1.54) is 19.3 Å². The number of hydrogen-bond donors (Lipinski definition) is 0. The zero-order valence-corrected chi connectivity index (χ0v) is 16.2. The summed E-state index contributed by atoms with van der Waals surface area (Å²) in [5.74, 6) is 2.46. The Hall–Kier alpha value is -1.04. The molecule has 0 N–H and O–H groups in total. The number of carbonyl (C=O) groups excluding carboxylic acids is 3. The monoisotopic (exact) mass is 377 g/mol. The molecule has 0 aromatic rings. The lowest BCUT2D eigenvalue weighted by Crippen LogP contribution is -2.51. The second-order valence-corrected chi connectivity index (χ2v) is 11.0. The van der Waals surface area contributed by atoms with E-state index in [9.17, 15) is 14.4 Å². The summed E-state index contributed by atoms with van der Waals surface area (Å²) in [6.07, 6.45) is 8.15. The summed E-state index contributed by atoms with van der Waals surface area (Å²) in [5, 5.41) is 0. The fourth-order valence-corrected chi connectivity index (χ4v) is 8.25. The molecule has 4 bridgehead atoms. The van der Waals surface area contributed by atoms with Crippen molar-refractivity contribution in [2.24, 2.45) is 23.2 Å². The summed E-state index contributed by atoms with van der Waals surface area (Å²) < 4.78 is 5.48. The number of nitrogens with zero attached hydrogens (tertiary/aromatic N) is 1. The Kier molecular flexibility index (Phi) is 3.76. The van der Waals surface area contributed by atoms with E-state index in [1.54, 1.807) is 16.7 Å². The van der Waals surface area contributed by atoms with Gasteiger partial charge in [0.2, 0.25) is 5.91 Å². The van der Waals surface area contributed by atoms with Crippen molar-refractivity contribution in [1.29, 1.82) is 0 Å². The molecule has 4 saturated carbocycles. The standard InChI is InChI=1S/C20H27NO4S/c1-19-3-2-17(23)21(19)15(11-26-19)18(24)25-10-16(22)20-7-12-4-13(8-20)6-14(5-12)9-20/h12-15H,2-11H2,1H3/t12?,13?,14?,15-,19+,20?/m0/s1. The minimum Gasteiger partial charge on any atom is -0.456 e. The second-order valence-electron chi connectivity index (χ2n) is 9.49. The normalized spacial score (nSPS) is 45.9. The van der Waals surface area contributed by atoms with Gasteiger partial charge in [0.1, 0.15) is 6.04 Å². The molecule has 26 heavy (non-hydrogen) atoms. The Morgan fingerprint density at radius 2 is 1.77 bits per heavy atom. The van der Waals surface area contributed by atoms with Crippen molar-refractivity contribution < 1.29 is 19.1 Å². The molecular weight excluding hydrogens is 350 g/mol. The molecule has 5 nitrogen and oxygen atoms in total. The van der Waals surface area contributed by atoms with Crippen molar-refractivity contribution in [2.75, 3.05) is 12.4 Å². The maximum absolute atomic E-state index is 13.0. The van der Waals surface area contributed by atoms with Crippen LogP contribution in [0, 0.1) is 23.2 Å². The Morgan fingerprint density at radius 3 is 2.38 bits per heavy atom. The van der Waals surface area contributed by atoms with Gasteiger partial charge in [0.15, 0.2) is 12.4 Å². The molecule has 6 heteroatoms. The number of hydrogen-bond acceptors (Lipinski definition) is 5. The third-order valence-electron chi connectivity index (χ3n) is 7.69. The number of ether oxygens (including phenoxy) is 1. The molecular formula is C20H27NO4S. The van der Waals surface area contributed by atoms with Gasteiger partial charge in [-0.25, -0.2) is 4.79 Å². The number of rotatable bonds is 4. The van der Waals surface area contributed by atoms with Gasteiger partial charge in [-0.2, -0.15) is 0 Å². The van der Waals surface area contributed by atoms with Crippen LogP contribution in [0.15, 0.2) is 0 Å². The molecule has 0 spiro atoms. The Morgan fingerprint density at radius 1 is 1.15 bits per heavy atom. The number of Topliss-reactive ketones (excluding diaryl/α,β-unsaturated/α-hetero) is 1. The summed E-state index contributed by atoms with van der Waals surface area (Å²) in [6.45, 7) is 1.92. The highest BCUT2D eigenvalue weighted by molar-refractivity contribution is 8.01. The van der Waals surface area contributed by atoms with E-state index < -0.39 is 12.0 Å². The third kappa shape index (κ3) is 2.47. The maximum atomic E-state index is 13.0. The first-order valence-corrected chi connectivity index (χ1v) is 11.0. The van der Waals surface area contributed by atoms with Crippen molar-refractivity contribution in [3.63, 3.8) is 0 Å². The highest BCUT2D eigenvalue weighted by Crippen LogP contribution is 2.60. The Balaban J connectivity index is 1.23. The van der Waals surface area contributed by atoms with Crippen LogP contribution in [0.2, 0.25) is 0 Å². The first-order chi connectivity index (χ1) is 12.4. The minimum absolute atomic E-state index is 0.0341. The summed E-state index contributed by atoms with van der Waals surface area (Å²) in [7, 11) is 0. The molecule has 6 fully saturated rings. The zero-order valence-electron chi connectivity index (χ0n) is 15.4. The molecule has 6 aliphatic rings. The van der Waals surface area contributed by atoms with E-state index in [-0.39, 0.29) is 28.6 Å². The number of thioether (sulfide) groups is 1. The van der Waals surface area contributed by atoms with E-state index in [4.69, 9.17) is 4.74 Å². The molecule has 2 aliphatic heterocycles. The van der Waals surface area contributed by atoms with Crippen LogP contribution in [0.5, 0.6) is 0 Å². The van der Waals surface area contributed by atoms with E-state index in [2.05, 4.69) is 0 Å². The molecule has 0 unspecified atom stereocenters. The molecule has 6 rings (SSSR count). The van der Waals surface area contributed by atoms with Gasteiger partial charge in [0, 0.05) is 17.6 Å². The average molecular weight is 378 g/mol. The molecule has 0 aromatic carbocycles. The fraction of sp³-hybridized carbons (Fsp3) is 0.850. The summed E-state index contributed by atoms with van der Waals surface area (Å²) >= 11 is 1.66. The quantitative estimate of drug-likeness (QED) is 0.705. The summed E-state index contributed by atoms with van der Waals surface area (Å²) in [5.41, 5.74) is -0.225. The molecule has 2 heterocycles. The third-order valence-corrected chi connectivity index (χ3v) is 9.20. The predicted octanol–water partition coefficient (Wildman–Crippen LogP) is 2.77. The highest BCUT2D eigenvalue weighted by Gasteiger charge is 2.56. The van der Waals surface area contributed by atoms with E-state index in [0.717, 1.165) is 25.7 Å². The van der Waals surface area contributed by atoms with Gasteiger partial charge < -0.3 is 9.64 Å². The maximum Gasteiger partial charge on any atom is 0.330 e. The number of carbonyl (C=O) groups is 3. The van der Waals surface area contributed by atoms with Gasteiger partial charge in [0.25, 0.3) is 0 Å². The van der Waals surface area contributed by atoms with Crippen LogP contribution in [0.3, 0.4) is 0 Å². The molecule has 2 saturated heterocycles. The van der Waals surface area contributed by atoms with Gasteiger partial charge in [-0.1, -0.05) is 0 Å². The van der Waals surface area contributed by atoms with E-state index in [1.807, 2.05) is 6.92 Å². The molecule has 4 aliphatic carbocycles. The van der Waals surface area contributed by atoms with Crippen molar-refractivity contribution >= 4 is 29.4 Å². The number of esters is 1. The van der Waals surface area contributed by atoms with Crippen LogP contribution in [0.4, 0.5) is 0 Å². The molecule has 0 radical (unpaired) electrons. The molecule has 0 aromatic heterocycles. The van der Waals surface area contributed by atoms with E-state index >= 15 is 0 Å². The largest absolute Gasteiger partial charge is 0.456 e. The van der Waals surface area contributed by atoms with Crippen LogP contribution in [-0.4, -0.2) is 45.8 Å². The topological polar surface area (TPSA) is 63.7 Å². The summed E-state index contributed by atoms with van der Waals surface area (Å²) in [6, 6.07) is -0.524. The lowest BCUT2D eigenvalue weighted by molar-refractivity contribution is -0.162. The SMILES string of the molecule is C[C@@]12CCC(=O)N1[C@H](C(=O)OCC(=O)C13CC4CC(CC(C4)C1)C3)CS2. The van der Waals surface area contributed by atoms with Crippen LogP contribution in [0.1, 0.15) is 58.3 Å². The van der Waals surface area contributed by atoms with Crippen molar-refractivity contribution in [2.45, 2.75) is 69.2 Å². The average Bonchev–Trinajstić information content (AvgIpc) is 3.07. The van der Waals surface area contributed by atoms with Gasteiger partial charge in [-0.05, 0) is 69.6 Å².